The van der Waals surface area contributed by atoms with Crippen molar-refractivity contribution in [1.82, 2.24) is 40.1 Å². The highest BCUT2D eigenvalue weighted by molar-refractivity contribution is 5.90. The molecule has 4 aromatic heterocycles. The molecule has 0 unspecified atom stereocenters. The first-order chi connectivity index (χ1) is 18.6. The predicted molar refractivity (Wildman–Crippen MR) is 142 cm³/mol. The zero-order valence-electron chi connectivity index (χ0n) is 21.0. The van der Waals surface area contributed by atoms with E-state index in [1.807, 2.05) is 25.1 Å². The van der Waals surface area contributed by atoms with Crippen molar-refractivity contribution < 1.29 is 9.53 Å². The smallest absolute Gasteiger partial charge is 0.338 e. The van der Waals surface area contributed by atoms with Crippen molar-refractivity contribution >= 4 is 29.4 Å². The molecular weight excluding hydrogens is 484 g/mol. The third-order valence-corrected chi connectivity index (χ3v) is 5.77. The summed E-state index contributed by atoms with van der Waals surface area (Å²) in [6.45, 7) is 6.80. The molecule has 5 heterocycles. The number of piperazine rings is 1. The van der Waals surface area contributed by atoms with Gasteiger partial charge in [-0.05, 0) is 43.3 Å². The van der Waals surface area contributed by atoms with Gasteiger partial charge in [-0.3, -0.25) is 4.90 Å². The SMILES string of the molecule is Cc1cccc(-c2nccc(Nc3ccnc(Nc4cc(C(=O)OCCN5CCNCC5)ccn4)n3)n2)n1. The van der Waals surface area contributed by atoms with Gasteiger partial charge in [-0.2, -0.15) is 4.98 Å². The first-order valence-electron chi connectivity index (χ1n) is 12.3. The second-order valence-corrected chi connectivity index (χ2v) is 8.60. The molecule has 0 spiro atoms. The van der Waals surface area contributed by atoms with Crippen LogP contribution in [-0.2, 0) is 4.74 Å². The van der Waals surface area contributed by atoms with Crippen molar-refractivity contribution in [3.05, 3.63) is 72.3 Å². The molecule has 1 aliphatic heterocycles. The quantitative estimate of drug-likeness (QED) is 0.284. The van der Waals surface area contributed by atoms with E-state index in [1.165, 1.54) is 0 Å². The number of pyridine rings is 2. The number of aryl methyl sites for hydroxylation is 1. The van der Waals surface area contributed by atoms with Gasteiger partial charge in [0.05, 0.1) is 5.56 Å². The predicted octanol–water partition coefficient (Wildman–Crippen LogP) is 2.58. The number of nitrogens with one attached hydrogen (secondary N) is 3. The molecule has 1 fully saturated rings. The van der Waals surface area contributed by atoms with Crippen LogP contribution in [0.3, 0.4) is 0 Å². The number of aromatic nitrogens is 6. The number of esters is 1. The van der Waals surface area contributed by atoms with E-state index in [1.54, 1.807) is 42.9 Å². The van der Waals surface area contributed by atoms with Crippen LogP contribution in [0.5, 0.6) is 0 Å². The molecule has 0 amide bonds. The van der Waals surface area contributed by atoms with Gasteiger partial charge in [0, 0.05) is 57.0 Å². The lowest BCUT2D eigenvalue weighted by molar-refractivity contribution is 0.0456. The molecule has 4 aromatic rings. The summed E-state index contributed by atoms with van der Waals surface area (Å²) in [5.74, 6) is 1.92. The normalized spacial score (nSPS) is 13.6. The number of anilines is 4. The van der Waals surface area contributed by atoms with E-state index in [4.69, 9.17) is 4.74 Å². The molecule has 3 N–H and O–H groups in total. The molecule has 12 nitrogen and oxygen atoms in total. The van der Waals surface area contributed by atoms with Crippen LogP contribution in [0.4, 0.5) is 23.4 Å². The summed E-state index contributed by atoms with van der Waals surface area (Å²) in [6.07, 6.45) is 4.81. The lowest BCUT2D eigenvalue weighted by Gasteiger charge is -2.26. The Bertz CT molecular complexity index is 1390. The summed E-state index contributed by atoms with van der Waals surface area (Å²) >= 11 is 0. The Morgan fingerprint density at radius 3 is 2.55 bits per heavy atom. The number of nitrogens with zero attached hydrogens (tertiary/aromatic N) is 7. The molecule has 0 radical (unpaired) electrons. The first-order valence-corrected chi connectivity index (χ1v) is 12.3. The first kappa shape index (κ1) is 25.1. The van der Waals surface area contributed by atoms with Crippen LogP contribution in [0.25, 0.3) is 11.5 Å². The van der Waals surface area contributed by atoms with E-state index >= 15 is 0 Å². The third kappa shape index (κ3) is 6.81. The summed E-state index contributed by atoms with van der Waals surface area (Å²) < 4.78 is 5.46. The molecule has 1 saturated heterocycles. The average molecular weight is 513 g/mol. The van der Waals surface area contributed by atoms with Crippen molar-refractivity contribution in [2.24, 2.45) is 0 Å². The second kappa shape index (κ2) is 12.1. The highest BCUT2D eigenvalue weighted by Gasteiger charge is 2.13. The topological polar surface area (TPSA) is 143 Å². The van der Waals surface area contributed by atoms with Crippen LogP contribution in [0.15, 0.2) is 61.1 Å². The van der Waals surface area contributed by atoms with Crippen LogP contribution in [0.2, 0.25) is 0 Å². The molecule has 0 aliphatic carbocycles. The fraction of sp³-hybridized carbons (Fsp3) is 0.269. The van der Waals surface area contributed by atoms with Gasteiger partial charge in [0.1, 0.15) is 29.8 Å². The number of ether oxygens (including phenoxy) is 1. The minimum atomic E-state index is -0.399. The van der Waals surface area contributed by atoms with E-state index < -0.39 is 5.97 Å². The minimum absolute atomic E-state index is 0.307. The van der Waals surface area contributed by atoms with Crippen LogP contribution >= 0.6 is 0 Å². The van der Waals surface area contributed by atoms with Gasteiger partial charge in [-0.15, -0.1) is 0 Å². The van der Waals surface area contributed by atoms with Gasteiger partial charge >= 0.3 is 5.97 Å². The van der Waals surface area contributed by atoms with Gasteiger partial charge in [0.25, 0.3) is 0 Å². The number of hydrogen-bond acceptors (Lipinski definition) is 12. The number of carbonyl (C=O) groups excluding carboxylic acids is 1. The average Bonchev–Trinajstić information content (AvgIpc) is 2.94. The van der Waals surface area contributed by atoms with Gasteiger partial charge in [0.15, 0.2) is 5.82 Å². The molecule has 0 atom stereocenters. The Hall–Kier alpha value is -4.55. The number of rotatable bonds is 9. The fourth-order valence-corrected chi connectivity index (χ4v) is 3.87. The van der Waals surface area contributed by atoms with Crippen molar-refractivity contribution in [2.75, 3.05) is 50.0 Å². The Kier molecular flexibility index (Phi) is 8.01. The molecule has 12 heteroatoms. The maximum absolute atomic E-state index is 12.5. The molecule has 0 aromatic carbocycles. The van der Waals surface area contributed by atoms with E-state index in [0.29, 0.717) is 53.6 Å². The highest BCUT2D eigenvalue weighted by atomic mass is 16.5. The van der Waals surface area contributed by atoms with Gasteiger partial charge < -0.3 is 20.7 Å². The maximum Gasteiger partial charge on any atom is 0.338 e. The van der Waals surface area contributed by atoms with Crippen molar-refractivity contribution in [1.29, 1.82) is 0 Å². The second-order valence-electron chi connectivity index (χ2n) is 8.60. The molecule has 1 aliphatic rings. The summed E-state index contributed by atoms with van der Waals surface area (Å²) in [6, 6.07) is 12.4. The van der Waals surface area contributed by atoms with Crippen LogP contribution < -0.4 is 16.0 Å². The summed E-state index contributed by atoms with van der Waals surface area (Å²) in [5.41, 5.74) is 1.97. The van der Waals surface area contributed by atoms with Crippen LogP contribution in [-0.4, -0.2) is 80.1 Å². The molecule has 0 bridgehead atoms. The van der Waals surface area contributed by atoms with Gasteiger partial charge in [-0.1, -0.05) is 6.07 Å². The van der Waals surface area contributed by atoms with Crippen LogP contribution in [0, 0.1) is 6.92 Å². The Morgan fingerprint density at radius 1 is 0.921 bits per heavy atom. The van der Waals surface area contributed by atoms with E-state index in [-0.39, 0.29) is 0 Å². The van der Waals surface area contributed by atoms with Gasteiger partial charge in [-0.25, -0.2) is 29.7 Å². The Morgan fingerprint density at radius 2 is 1.71 bits per heavy atom. The number of hydrogen-bond donors (Lipinski definition) is 3. The van der Waals surface area contributed by atoms with E-state index in [0.717, 1.165) is 31.9 Å². The molecule has 5 rings (SSSR count). The van der Waals surface area contributed by atoms with Crippen molar-refractivity contribution in [3.8, 4) is 11.5 Å². The van der Waals surface area contributed by atoms with Crippen molar-refractivity contribution in [3.63, 3.8) is 0 Å². The molecule has 38 heavy (non-hydrogen) atoms. The third-order valence-electron chi connectivity index (χ3n) is 5.77. The summed E-state index contributed by atoms with van der Waals surface area (Å²) in [5, 5.41) is 9.51. The lowest BCUT2D eigenvalue weighted by Crippen LogP contribution is -2.44. The summed E-state index contributed by atoms with van der Waals surface area (Å²) in [7, 11) is 0. The largest absolute Gasteiger partial charge is 0.461 e. The van der Waals surface area contributed by atoms with E-state index in [2.05, 4.69) is 50.8 Å². The monoisotopic (exact) mass is 512 g/mol. The summed E-state index contributed by atoms with van der Waals surface area (Å²) in [4.78, 5) is 41.1. The zero-order valence-corrected chi connectivity index (χ0v) is 21.0. The minimum Gasteiger partial charge on any atom is -0.461 e. The maximum atomic E-state index is 12.5. The Balaban J connectivity index is 1.20. The lowest BCUT2D eigenvalue weighted by atomic mass is 10.2. The van der Waals surface area contributed by atoms with Gasteiger partial charge in [0.2, 0.25) is 5.95 Å². The standard InChI is InChI=1S/C26H28N10O2/c1-18-3-2-4-20(31-18)24-29-9-6-21(33-24)32-22-7-10-30-26(34-22)35-23-17-19(5-8-28-23)25(37)38-16-15-36-13-11-27-12-14-36/h2-10,17,27H,11-16H2,1H3,(H2,28,29,30,32,33,34,35). The zero-order chi connectivity index (χ0) is 26.2. The fourth-order valence-electron chi connectivity index (χ4n) is 3.87. The van der Waals surface area contributed by atoms with Crippen LogP contribution in [0.1, 0.15) is 16.1 Å². The molecule has 0 saturated carbocycles. The Labute approximate surface area is 220 Å². The molecular formula is C26H28N10O2. The van der Waals surface area contributed by atoms with E-state index in [9.17, 15) is 4.79 Å². The molecule has 194 valence electrons. The number of carbonyl (C=O) groups is 1. The van der Waals surface area contributed by atoms with Crippen molar-refractivity contribution in [2.45, 2.75) is 6.92 Å². The highest BCUT2D eigenvalue weighted by Crippen LogP contribution is 2.19.